The lowest BCUT2D eigenvalue weighted by atomic mass is 10.1. The zero-order chi connectivity index (χ0) is 25.6. The minimum atomic E-state index is -3.74. The highest BCUT2D eigenvalue weighted by molar-refractivity contribution is 7.89. The Hall–Kier alpha value is -3.12. The Kier molecular flexibility index (Phi) is 6.31. The molecule has 0 bridgehead atoms. The molecule has 1 fully saturated rings. The van der Waals surface area contributed by atoms with Crippen LogP contribution >= 0.6 is 0 Å². The number of nitrogens with zero attached hydrogens (tertiary/aromatic N) is 3. The van der Waals surface area contributed by atoms with Crippen molar-refractivity contribution in [2.75, 3.05) is 70.6 Å². The van der Waals surface area contributed by atoms with Crippen molar-refractivity contribution < 1.29 is 32.5 Å². The average molecular weight is 528 g/mol. The van der Waals surface area contributed by atoms with E-state index in [-0.39, 0.29) is 23.9 Å². The number of ether oxygens (including phenoxy) is 3. The molecule has 4 aliphatic heterocycles. The number of rotatable bonds is 5. The van der Waals surface area contributed by atoms with E-state index < -0.39 is 16.1 Å². The molecule has 1 saturated heterocycles. The maximum absolute atomic E-state index is 13.3. The Labute approximate surface area is 215 Å². The van der Waals surface area contributed by atoms with Gasteiger partial charge in [-0.05, 0) is 41.0 Å². The van der Waals surface area contributed by atoms with E-state index in [2.05, 4.69) is 4.90 Å². The lowest BCUT2D eigenvalue weighted by Crippen LogP contribution is -2.38. The number of anilines is 1. The maximum Gasteiger partial charge on any atom is 0.256 e. The molecule has 4 heterocycles. The summed E-state index contributed by atoms with van der Waals surface area (Å²) in [5, 5.41) is 10.9. The van der Waals surface area contributed by atoms with E-state index in [1.807, 2.05) is 18.2 Å². The number of aliphatic hydroxyl groups is 1. The van der Waals surface area contributed by atoms with Gasteiger partial charge in [-0.15, -0.1) is 0 Å². The summed E-state index contributed by atoms with van der Waals surface area (Å²) < 4.78 is 44.5. The summed E-state index contributed by atoms with van der Waals surface area (Å²) in [7, 11) is -3.74. The Bertz CT molecular complexity index is 1340. The van der Waals surface area contributed by atoms with Crippen molar-refractivity contribution in [3.05, 3.63) is 59.2 Å². The average Bonchev–Trinajstić information content (AvgIpc) is 3.53. The number of benzene rings is 2. The van der Waals surface area contributed by atoms with E-state index in [4.69, 9.17) is 14.2 Å². The fraction of sp³-hybridized carbons (Fsp3) is 0.423. The van der Waals surface area contributed by atoms with Gasteiger partial charge in [0.15, 0.2) is 17.6 Å². The molecule has 0 saturated carbocycles. The van der Waals surface area contributed by atoms with Crippen molar-refractivity contribution in [2.24, 2.45) is 0 Å². The predicted octanol–water partition coefficient (Wildman–Crippen LogP) is 1.17. The normalized spacial score (nSPS) is 20.8. The molecule has 1 amide bonds. The predicted molar refractivity (Wildman–Crippen MR) is 134 cm³/mol. The molecule has 1 unspecified atom stereocenters. The monoisotopic (exact) mass is 527 g/mol. The summed E-state index contributed by atoms with van der Waals surface area (Å²) in [6.45, 7) is 4.70. The van der Waals surface area contributed by atoms with Gasteiger partial charge in [0.2, 0.25) is 10.0 Å². The standard InChI is InChI=1S/C26H29N3O7S/c30-25(18-2-1-3-21(12-18)27-6-8-34-9-7-27)26(31)28-14-19-16-29(17-20(19)15-28)37(32,33)22-4-5-23-24(13-22)36-11-10-35-23/h1-5,12-13,25,30H,6-11,14-17H2. The second kappa shape index (κ2) is 9.64. The summed E-state index contributed by atoms with van der Waals surface area (Å²) >= 11 is 0. The van der Waals surface area contributed by atoms with Crippen molar-refractivity contribution >= 4 is 21.6 Å². The Morgan fingerprint density at radius 3 is 2.30 bits per heavy atom. The van der Waals surface area contributed by atoms with Crippen molar-refractivity contribution in [1.82, 2.24) is 9.21 Å². The van der Waals surface area contributed by atoms with Crippen LogP contribution in [0.15, 0.2) is 58.5 Å². The molecule has 6 rings (SSSR count). The van der Waals surface area contributed by atoms with Crippen molar-refractivity contribution in [1.29, 1.82) is 0 Å². The molecule has 4 aliphatic rings. The van der Waals surface area contributed by atoms with Crippen LogP contribution in [0.1, 0.15) is 11.7 Å². The van der Waals surface area contributed by atoms with Gasteiger partial charge in [-0.3, -0.25) is 4.79 Å². The van der Waals surface area contributed by atoms with Gasteiger partial charge >= 0.3 is 0 Å². The number of aliphatic hydroxyl groups excluding tert-OH is 1. The number of carbonyl (C=O) groups excluding carboxylic acids is 1. The largest absolute Gasteiger partial charge is 0.486 e. The Balaban J connectivity index is 1.10. The molecule has 196 valence electrons. The fourth-order valence-corrected chi connectivity index (χ4v) is 6.68. The molecule has 37 heavy (non-hydrogen) atoms. The second-order valence-corrected chi connectivity index (χ2v) is 11.5. The number of amides is 1. The minimum absolute atomic E-state index is 0.154. The molecule has 11 heteroatoms. The van der Waals surface area contributed by atoms with Crippen LogP contribution in [-0.4, -0.2) is 94.3 Å². The first-order chi connectivity index (χ1) is 17.9. The summed E-state index contributed by atoms with van der Waals surface area (Å²) in [6, 6.07) is 12.1. The molecule has 0 aliphatic carbocycles. The highest BCUT2D eigenvalue weighted by atomic mass is 32.2. The first-order valence-corrected chi connectivity index (χ1v) is 13.8. The molecular weight excluding hydrogens is 498 g/mol. The highest BCUT2D eigenvalue weighted by Crippen LogP contribution is 2.36. The minimum Gasteiger partial charge on any atom is -0.486 e. The van der Waals surface area contributed by atoms with Gasteiger partial charge in [0.25, 0.3) is 5.91 Å². The van der Waals surface area contributed by atoms with Gasteiger partial charge in [-0.25, -0.2) is 8.42 Å². The lowest BCUT2D eigenvalue weighted by Gasteiger charge is -2.29. The number of fused-ring (bicyclic) bond motifs is 1. The maximum atomic E-state index is 13.3. The molecule has 1 N–H and O–H groups in total. The SMILES string of the molecule is O=C(C(O)c1cccc(N2CCOCC2)c1)N1CC2=C(C1)CN(S(=O)(=O)c1ccc3c(c1)OCCO3)C2. The summed E-state index contributed by atoms with van der Waals surface area (Å²) in [5.74, 6) is 0.584. The van der Waals surface area contributed by atoms with Crippen LogP contribution < -0.4 is 14.4 Å². The van der Waals surface area contributed by atoms with E-state index in [0.29, 0.717) is 56.6 Å². The van der Waals surface area contributed by atoms with Gasteiger partial charge in [0.05, 0.1) is 18.1 Å². The molecule has 1 atom stereocenters. The van der Waals surface area contributed by atoms with Crippen molar-refractivity contribution in [3.8, 4) is 11.5 Å². The van der Waals surface area contributed by atoms with Crippen LogP contribution in [-0.2, 0) is 19.6 Å². The van der Waals surface area contributed by atoms with Crippen LogP contribution in [0.4, 0.5) is 5.69 Å². The number of morpholine rings is 1. The van der Waals surface area contributed by atoms with E-state index in [1.165, 1.54) is 16.4 Å². The Morgan fingerprint density at radius 2 is 1.57 bits per heavy atom. The van der Waals surface area contributed by atoms with Gasteiger partial charge in [-0.1, -0.05) is 12.1 Å². The van der Waals surface area contributed by atoms with Gasteiger partial charge in [0.1, 0.15) is 13.2 Å². The number of hydrogen-bond acceptors (Lipinski definition) is 8. The van der Waals surface area contributed by atoms with Crippen LogP contribution in [0.5, 0.6) is 11.5 Å². The van der Waals surface area contributed by atoms with E-state index in [0.717, 1.165) is 29.9 Å². The zero-order valence-corrected chi connectivity index (χ0v) is 21.2. The van der Waals surface area contributed by atoms with Gasteiger partial charge in [0, 0.05) is 51.0 Å². The summed E-state index contributed by atoms with van der Waals surface area (Å²) in [4.78, 5) is 17.1. The van der Waals surface area contributed by atoms with E-state index in [9.17, 15) is 18.3 Å². The third-order valence-electron chi connectivity index (χ3n) is 7.26. The van der Waals surface area contributed by atoms with Crippen LogP contribution in [0.2, 0.25) is 0 Å². The van der Waals surface area contributed by atoms with Gasteiger partial charge < -0.3 is 29.1 Å². The number of carbonyl (C=O) groups is 1. The quantitative estimate of drug-likeness (QED) is 0.578. The molecule has 0 spiro atoms. The molecule has 0 aromatic heterocycles. The molecule has 2 aromatic carbocycles. The van der Waals surface area contributed by atoms with Crippen molar-refractivity contribution in [3.63, 3.8) is 0 Å². The third-order valence-corrected chi connectivity index (χ3v) is 9.04. The first kappa shape index (κ1) is 24.2. The van der Waals surface area contributed by atoms with Crippen LogP contribution in [0, 0.1) is 0 Å². The molecule has 10 nitrogen and oxygen atoms in total. The van der Waals surface area contributed by atoms with E-state index in [1.54, 1.807) is 17.0 Å². The van der Waals surface area contributed by atoms with Gasteiger partial charge in [-0.2, -0.15) is 4.31 Å². The van der Waals surface area contributed by atoms with E-state index >= 15 is 0 Å². The van der Waals surface area contributed by atoms with Crippen molar-refractivity contribution in [2.45, 2.75) is 11.0 Å². The zero-order valence-electron chi connectivity index (χ0n) is 20.3. The topological polar surface area (TPSA) is 109 Å². The smallest absolute Gasteiger partial charge is 0.256 e. The van der Waals surface area contributed by atoms with Crippen LogP contribution in [0.25, 0.3) is 0 Å². The molecular formula is C26H29N3O7S. The highest BCUT2D eigenvalue weighted by Gasteiger charge is 2.39. The lowest BCUT2D eigenvalue weighted by molar-refractivity contribution is -0.139. The molecule has 2 aromatic rings. The number of hydrogen-bond donors (Lipinski definition) is 1. The second-order valence-electron chi connectivity index (χ2n) is 9.58. The summed E-state index contributed by atoms with van der Waals surface area (Å²) in [5.41, 5.74) is 3.31. The Morgan fingerprint density at radius 1 is 0.865 bits per heavy atom. The fourth-order valence-electron chi connectivity index (χ4n) is 5.23. The third kappa shape index (κ3) is 4.56. The first-order valence-electron chi connectivity index (χ1n) is 12.4. The number of sulfonamides is 1. The van der Waals surface area contributed by atoms with Crippen LogP contribution in [0.3, 0.4) is 0 Å². The molecule has 0 radical (unpaired) electrons. The summed E-state index contributed by atoms with van der Waals surface area (Å²) in [6.07, 6.45) is -1.28.